The SMILES string of the molecule is COCc1nn(-c2ccc([N+](=O)[O-])cc2)c(Cl)c1CCl. The molecule has 0 spiro atoms. The van der Waals surface area contributed by atoms with Crippen molar-refractivity contribution in [1.29, 1.82) is 0 Å². The van der Waals surface area contributed by atoms with Crippen LogP contribution in [0.1, 0.15) is 11.3 Å². The van der Waals surface area contributed by atoms with Gasteiger partial charge in [0.05, 0.1) is 28.8 Å². The first-order chi connectivity index (χ1) is 9.58. The lowest BCUT2D eigenvalue weighted by Crippen LogP contribution is -1.98. The molecule has 1 aromatic carbocycles. The summed E-state index contributed by atoms with van der Waals surface area (Å²) in [4.78, 5) is 10.2. The van der Waals surface area contributed by atoms with Crippen LogP contribution < -0.4 is 0 Å². The zero-order chi connectivity index (χ0) is 14.7. The van der Waals surface area contributed by atoms with Crippen molar-refractivity contribution in [2.24, 2.45) is 0 Å². The predicted octanol–water partition coefficient (Wildman–Crippen LogP) is 3.32. The minimum Gasteiger partial charge on any atom is -0.378 e. The van der Waals surface area contributed by atoms with Gasteiger partial charge in [0.15, 0.2) is 0 Å². The summed E-state index contributed by atoms with van der Waals surface area (Å²) in [5.41, 5.74) is 1.96. The van der Waals surface area contributed by atoms with Gasteiger partial charge in [0.25, 0.3) is 5.69 Å². The van der Waals surface area contributed by atoms with Gasteiger partial charge in [-0.15, -0.1) is 11.6 Å². The summed E-state index contributed by atoms with van der Waals surface area (Å²) in [6.45, 7) is 0.293. The predicted molar refractivity (Wildman–Crippen MR) is 75.5 cm³/mol. The van der Waals surface area contributed by atoms with Crippen LogP contribution in [0.25, 0.3) is 5.69 Å². The number of halogens is 2. The zero-order valence-electron chi connectivity index (χ0n) is 10.5. The molecule has 20 heavy (non-hydrogen) atoms. The monoisotopic (exact) mass is 315 g/mol. The van der Waals surface area contributed by atoms with Gasteiger partial charge in [-0.1, -0.05) is 11.6 Å². The van der Waals surface area contributed by atoms with E-state index < -0.39 is 4.92 Å². The number of nitro benzene ring substituents is 1. The number of nitro groups is 1. The molecule has 0 radical (unpaired) electrons. The highest BCUT2D eigenvalue weighted by Gasteiger charge is 2.17. The van der Waals surface area contributed by atoms with E-state index in [1.54, 1.807) is 19.2 Å². The van der Waals surface area contributed by atoms with Gasteiger partial charge in [-0.2, -0.15) is 5.10 Å². The molecule has 1 aromatic heterocycles. The molecule has 2 rings (SSSR count). The van der Waals surface area contributed by atoms with Crippen LogP contribution in [0.3, 0.4) is 0 Å². The van der Waals surface area contributed by atoms with E-state index in [9.17, 15) is 10.1 Å². The smallest absolute Gasteiger partial charge is 0.269 e. The molecule has 0 bridgehead atoms. The third-order valence-electron chi connectivity index (χ3n) is 2.72. The number of alkyl halides is 1. The number of rotatable bonds is 5. The Hall–Kier alpha value is -1.63. The molecule has 0 aliphatic heterocycles. The van der Waals surface area contributed by atoms with Crippen molar-refractivity contribution >= 4 is 28.9 Å². The van der Waals surface area contributed by atoms with Crippen molar-refractivity contribution in [2.75, 3.05) is 7.11 Å². The average Bonchev–Trinajstić information content (AvgIpc) is 2.75. The Morgan fingerprint density at radius 1 is 1.40 bits per heavy atom. The van der Waals surface area contributed by atoms with Gasteiger partial charge in [-0.05, 0) is 12.1 Å². The van der Waals surface area contributed by atoms with Gasteiger partial charge in [-0.3, -0.25) is 10.1 Å². The third-order valence-corrected chi connectivity index (χ3v) is 3.38. The molecular weight excluding hydrogens is 305 g/mol. The standard InChI is InChI=1S/C12H11Cl2N3O3/c1-20-7-11-10(6-13)12(14)16(15-11)8-2-4-9(5-3-8)17(18)19/h2-5H,6-7H2,1H3. The Balaban J connectivity index is 2.44. The van der Waals surface area contributed by atoms with E-state index in [0.717, 1.165) is 0 Å². The van der Waals surface area contributed by atoms with Gasteiger partial charge in [0.2, 0.25) is 0 Å². The van der Waals surface area contributed by atoms with E-state index in [0.29, 0.717) is 28.7 Å². The molecule has 8 heteroatoms. The lowest BCUT2D eigenvalue weighted by molar-refractivity contribution is -0.384. The van der Waals surface area contributed by atoms with Gasteiger partial charge < -0.3 is 4.74 Å². The van der Waals surface area contributed by atoms with Crippen LogP contribution in [-0.4, -0.2) is 21.8 Å². The fourth-order valence-electron chi connectivity index (χ4n) is 1.74. The van der Waals surface area contributed by atoms with Crippen molar-refractivity contribution in [1.82, 2.24) is 9.78 Å². The number of ether oxygens (including phenoxy) is 1. The molecule has 0 aliphatic carbocycles. The van der Waals surface area contributed by atoms with Crippen LogP contribution in [-0.2, 0) is 17.2 Å². The lowest BCUT2D eigenvalue weighted by atomic mass is 10.3. The van der Waals surface area contributed by atoms with Crippen molar-refractivity contribution in [3.8, 4) is 5.69 Å². The van der Waals surface area contributed by atoms with Gasteiger partial charge >= 0.3 is 0 Å². The van der Waals surface area contributed by atoms with Crippen LogP contribution in [0.2, 0.25) is 5.15 Å². The second kappa shape index (κ2) is 6.21. The minimum atomic E-state index is -0.463. The number of hydrogen-bond acceptors (Lipinski definition) is 4. The van der Waals surface area contributed by atoms with Crippen LogP contribution >= 0.6 is 23.2 Å². The first-order valence-corrected chi connectivity index (χ1v) is 6.55. The van der Waals surface area contributed by atoms with Gasteiger partial charge in [0.1, 0.15) is 5.15 Å². The summed E-state index contributed by atoms with van der Waals surface area (Å²) < 4.78 is 6.53. The van der Waals surface area contributed by atoms with E-state index in [4.69, 9.17) is 27.9 Å². The van der Waals surface area contributed by atoms with Gasteiger partial charge in [0, 0.05) is 24.8 Å². The summed E-state index contributed by atoms with van der Waals surface area (Å²) >= 11 is 12.1. The first kappa shape index (κ1) is 14.8. The van der Waals surface area contributed by atoms with Crippen molar-refractivity contribution < 1.29 is 9.66 Å². The Bertz CT molecular complexity index is 626. The second-order valence-corrected chi connectivity index (χ2v) is 4.59. The van der Waals surface area contributed by atoms with Crippen molar-refractivity contribution in [2.45, 2.75) is 12.5 Å². The van der Waals surface area contributed by atoms with Crippen LogP contribution in [0, 0.1) is 10.1 Å². The Kier molecular flexibility index (Phi) is 4.59. The molecule has 0 amide bonds. The minimum absolute atomic E-state index is 0.00621. The van der Waals surface area contributed by atoms with Crippen LogP contribution in [0.4, 0.5) is 5.69 Å². The van der Waals surface area contributed by atoms with Crippen molar-refractivity contribution in [3.63, 3.8) is 0 Å². The molecule has 0 atom stereocenters. The number of methoxy groups -OCH3 is 1. The molecule has 0 unspecified atom stereocenters. The molecule has 0 fully saturated rings. The van der Waals surface area contributed by atoms with E-state index in [2.05, 4.69) is 5.10 Å². The summed E-state index contributed by atoms with van der Waals surface area (Å²) in [6.07, 6.45) is 0. The number of hydrogen-bond donors (Lipinski definition) is 0. The van der Waals surface area contributed by atoms with E-state index in [-0.39, 0.29) is 11.6 Å². The molecule has 1 heterocycles. The molecule has 0 N–H and O–H groups in total. The van der Waals surface area contributed by atoms with E-state index in [1.807, 2.05) is 0 Å². The van der Waals surface area contributed by atoms with E-state index in [1.165, 1.54) is 16.8 Å². The second-order valence-electron chi connectivity index (χ2n) is 3.97. The molecule has 6 nitrogen and oxygen atoms in total. The Morgan fingerprint density at radius 2 is 2.05 bits per heavy atom. The highest BCUT2D eigenvalue weighted by Crippen LogP contribution is 2.26. The summed E-state index contributed by atoms with van der Waals surface area (Å²) in [6, 6.07) is 5.94. The largest absolute Gasteiger partial charge is 0.378 e. The normalized spacial score (nSPS) is 10.8. The van der Waals surface area contributed by atoms with Crippen LogP contribution in [0.5, 0.6) is 0 Å². The molecule has 0 saturated heterocycles. The third kappa shape index (κ3) is 2.77. The molecule has 2 aromatic rings. The number of nitrogens with zero attached hydrogens (tertiary/aromatic N) is 3. The summed E-state index contributed by atoms with van der Waals surface area (Å²) in [7, 11) is 1.55. The first-order valence-electron chi connectivity index (χ1n) is 5.64. The topological polar surface area (TPSA) is 70.2 Å². The Labute approximate surface area is 125 Å². The summed E-state index contributed by atoms with van der Waals surface area (Å²) in [5, 5.41) is 15.3. The molecular formula is C12H11Cl2N3O3. The van der Waals surface area contributed by atoms with E-state index >= 15 is 0 Å². The average molecular weight is 316 g/mol. The maximum absolute atomic E-state index is 10.6. The van der Waals surface area contributed by atoms with Gasteiger partial charge in [-0.25, -0.2) is 4.68 Å². The lowest BCUT2D eigenvalue weighted by Gasteiger charge is -2.02. The molecule has 0 aliphatic rings. The summed E-state index contributed by atoms with van der Waals surface area (Å²) in [5.74, 6) is 0.213. The fourth-order valence-corrected chi connectivity index (χ4v) is 2.40. The van der Waals surface area contributed by atoms with Crippen LogP contribution in [0.15, 0.2) is 24.3 Å². The van der Waals surface area contributed by atoms with Crippen molar-refractivity contribution in [3.05, 3.63) is 50.8 Å². The highest BCUT2D eigenvalue weighted by atomic mass is 35.5. The number of benzene rings is 1. The maximum Gasteiger partial charge on any atom is 0.269 e. The zero-order valence-corrected chi connectivity index (χ0v) is 12.1. The quantitative estimate of drug-likeness (QED) is 0.482. The fraction of sp³-hybridized carbons (Fsp3) is 0.250. The maximum atomic E-state index is 10.6. The molecule has 0 saturated carbocycles. The number of aromatic nitrogens is 2. The Morgan fingerprint density at radius 3 is 2.55 bits per heavy atom. The highest BCUT2D eigenvalue weighted by molar-refractivity contribution is 6.31. The number of non-ortho nitro benzene ring substituents is 1. The molecule has 106 valence electrons.